The molecular weight excluding hydrogens is 306 g/mol. The van der Waals surface area contributed by atoms with E-state index in [2.05, 4.69) is 31.5 Å². The topological polar surface area (TPSA) is 54.0 Å². The standard InChI is InChI=1S/C14H14BrN3O/c1-9-5-3-7-11(12(9)15)18-14(19)10-6-4-8-17-13(10)16-2/h3-8H,1-2H3,(H,16,17)(H,18,19). The minimum Gasteiger partial charge on any atom is -0.372 e. The lowest BCUT2D eigenvalue weighted by Crippen LogP contribution is -2.15. The number of nitrogens with one attached hydrogen (secondary N) is 2. The van der Waals surface area contributed by atoms with Crippen LogP contribution in [0.2, 0.25) is 0 Å². The van der Waals surface area contributed by atoms with Gasteiger partial charge >= 0.3 is 0 Å². The Bertz CT molecular complexity index is 613. The summed E-state index contributed by atoms with van der Waals surface area (Å²) in [6, 6.07) is 9.20. The van der Waals surface area contributed by atoms with Gasteiger partial charge in [0.1, 0.15) is 5.82 Å². The van der Waals surface area contributed by atoms with Gasteiger partial charge in [-0.1, -0.05) is 12.1 Å². The van der Waals surface area contributed by atoms with Crippen LogP contribution in [-0.4, -0.2) is 17.9 Å². The molecule has 1 aromatic heterocycles. The maximum absolute atomic E-state index is 12.2. The van der Waals surface area contributed by atoms with Gasteiger partial charge in [0.05, 0.1) is 11.3 Å². The third kappa shape index (κ3) is 2.93. The van der Waals surface area contributed by atoms with Crippen LogP contribution in [0.25, 0.3) is 0 Å². The lowest BCUT2D eigenvalue weighted by atomic mass is 10.2. The van der Waals surface area contributed by atoms with E-state index in [1.165, 1.54) is 0 Å². The summed E-state index contributed by atoms with van der Waals surface area (Å²) in [7, 11) is 1.74. The van der Waals surface area contributed by atoms with E-state index in [-0.39, 0.29) is 5.91 Å². The molecule has 0 fully saturated rings. The summed E-state index contributed by atoms with van der Waals surface area (Å²) in [6.07, 6.45) is 1.64. The number of rotatable bonds is 3. The van der Waals surface area contributed by atoms with E-state index in [1.807, 2.05) is 25.1 Å². The lowest BCUT2D eigenvalue weighted by molar-refractivity contribution is 0.102. The number of carbonyl (C=O) groups excluding carboxylic acids is 1. The van der Waals surface area contributed by atoms with Crippen LogP contribution in [-0.2, 0) is 0 Å². The second kappa shape index (κ2) is 5.84. The Morgan fingerprint density at radius 1 is 1.26 bits per heavy atom. The van der Waals surface area contributed by atoms with Crippen molar-refractivity contribution in [2.24, 2.45) is 0 Å². The van der Waals surface area contributed by atoms with Crippen molar-refractivity contribution in [2.45, 2.75) is 6.92 Å². The van der Waals surface area contributed by atoms with Gasteiger partial charge in [0.2, 0.25) is 0 Å². The first-order valence-electron chi connectivity index (χ1n) is 5.82. The number of benzene rings is 1. The van der Waals surface area contributed by atoms with E-state index < -0.39 is 0 Å². The predicted octanol–water partition coefficient (Wildman–Crippen LogP) is 3.45. The molecule has 0 atom stereocenters. The number of hydrogen-bond donors (Lipinski definition) is 2. The first-order chi connectivity index (χ1) is 9.13. The van der Waals surface area contributed by atoms with Gasteiger partial charge in [0.15, 0.2) is 0 Å². The van der Waals surface area contributed by atoms with Crippen molar-refractivity contribution in [1.82, 2.24) is 4.98 Å². The molecule has 4 nitrogen and oxygen atoms in total. The van der Waals surface area contributed by atoms with Gasteiger partial charge in [-0.3, -0.25) is 4.79 Å². The van der Waals surface area contributed by atoms with Crippen molar-refractivity contribution < 1.29 is 4.79 Å². The first-order valence-corrected chi connectivity index (χ1v) is 6.62. The normalized spacial score (nSPS) is 10.1. The third-order valence-electron chi connectivity index (χ3n) is 2.73. The molecule has 1 heterocycles. The van der Waals surface area contributed by atoms with Gasteiger partial charge in [0, 0.05) is 17.7 Å². The van der Waals surface area contributed by atoms with E-state index in [1.54, 1.807) is 25.4 Å². The van der Waals surface area contributed by atoms with E-state index in [9.17, 15) is 4.79 Å². The van der Waals surface area contributed by atoms with Gasteiger partial charge in [-0.25, -0.2) is 4.98 Å². The zero-order valence-electron chi connectivity index (χ0n) is 10.7. The van der Waals surface area contributed by atoms with Crippen molar-refractivity contribution >= 4 is 33.3 Å². The lowest BCUT2D eigenvalue weighted by Gasteiger charge is -2.11. The quantitative estimate of drug-likeness (QED) is 0.911. The van der Waals surface area contributed by atoms with Crippen LogP contribution in [0.15, 0.2) is 41.0 Å². The van der Waals surface area contributed by atoms with Gasteiger partial charge < -0.3 is 10.6 Å². The molecule has 98 valence electrons. The number of carbonyl (C=O) groups is 1. The Labute approximate surface area is 120 Å². The molecule has 0 aliphatic rings. The molecule has 0 radical (unpaired) electrons. The van der Waals surface area contributed by atoms with Gasteiger partial charge in [-0.2, -0.15) is 0 Å². The fourth-order valence-corrected chi connectivity index (χ4v) is 2.08. The minimum atomic E-state index is -0.191. The van der Waals surface area contributed by atoms with Crippen LogP contribution in [0.1, 0.15) is 15.9 Å². The number of halogens is 1. The molecule has 0 saturated carbocycles. The Morgan fingerprint density at radius 2 is 2.05 bits per heavy atom. The summed E-state index contributed by atoms with van der Waals surface area (Å²) in [5.41, 5.74) is 2.33. The van der Waals surface area contributed by atoms with Crippen LogP contribution in [0.3, 0.4) is 0 Å². The molecule has 2 N–H and O–H groups in total. The highest BCUT2D eigenvalue weighted by Gasteiger charge is 2.13. The molecule has 0 bridgehead atoms. The van der Waals surface area contributed by atoms with Crippen molar-refractivity contribution in [3.8, 4) is 0 Å². The molecule has 1 aromatic carbocycles. The average Bonchev–Trinajstić information content (AvgIpc) is 2.43. The maximum atomic E-state index is 12.2. The first kappa shape index (κ1) is 13.5. The molecule has 0 unspecified atom stereocenters. The third-order valence-corrected chi connectivity index (χ3v) is 3.78. The fraction of sp³-hybridized carbons (Fsp3) is 0.143. The number of anilines is 2. The summed E-state index contributed by atoms with van der Waals surface area (Å²) in [5.74, 6) is 0.368. The summed E-state index contributed by atoms with van der Waals surface area (Å²) < 4.78 is 0.887. The average molecular weight is 320 g/mol. The van der Waals surface area contributed by atoms with Crippen molar-refractivity contribution in [2.75, 3.05) is 17.7 Å². The van der Waals surface area contributed by atoms with Crippen LogP contribution < -0.4 is 10.6 Å². The second-order valence-electron chi connectivity index (χ2n) is 4.04. The monoisotopic (exact) mass is 319 g/mol. The molecule has 0 saturated heterocycles. The van der Waals surface area contributed by atoms with Gasteiger partial charge in [0.25, 0.3) is 5.91 Å². The van der Waals surface area contributed by atoms with Crippen molar-refractivity contribution in [1.29, 1.82) is 0 Å². The minimum absolute atomic E-state index is 0.191. The summed E-state index contributed by atoms with van der Waals surface area (Å²) >= 11 is 3.47. The van der Waals surface area contributed by atoms with Crippen LogP contribution >= 0.6 is 15.9 Å². The summed E-state index contributed by atoms with van der Waals surface area (Å²) in [5, 5.41) is 5.78. The van der Waals surface area contributed by atoms with E-state index in [0.29, 0.717) is 11.4 Å². The van der Waals surface area contributed by atoms with E-state index in [4.69, 9.17) is 0 Å². The zero-order chi connectivity index (χ0) is 13.8. The Balaban J connectivity index is 2.28. The molecule has 2 aromatic rings. The smallest absolute Gasteiger partial charge is 0.259 e. The number of aromatic nitrogens is 1. The Hall–Kier alpha value is -1.88. The fourth-order valence-electron chi connectivity index (χ4n) is 1.72. The summed E-state index contributed by atoms with van der Waals surface area (Å²) in [4.78, 5) is 16.4. The van der Waals surface area contributed by atoms with E-state index >= 15 is 0 Å². The molecule has 5 heteroatoms. The number of nitrogens with zero attached hydrogens (tertiary/aromatic N) is 1. The SMILES string of the molecule is CNc1ncccc1C(=O)Nc1cccc(C)c1Br. The number of hydrogen-bond acceptors (Lipinski definition) is 3. The van der Waals surface area contributed by atoms with E-state index in [0.717, 1.165) is 15.7 Å². The van der Waals surface area contributed by atoms with Gasteiger partial charge in [-0.15, -0.1) is 0 Å². The zero-order valence-corrected chi connectivity index (χ0v) is 12.3. The molecule has 2 rings (SSSR count). The van der Waals surface area contributed by atoms with Crippen LogP contribution in [0, 0.1) is 6.92 Å². The Morgan fingerprint density at radius 3 is 2.79 bits per heavy atom. The predicted molar refractivity (Wildman–Crippen MR) is 80.6 cm³/mol. The highest BCUT2D eigenvalue weighted by atomic mass is 79.9. The second-order valence-corrected chi connectivity index (χ2v) is 4.83. The summed E-state index contributed by atoms with van der Waals surface area (Å²) in [6.45, 7) is 1.98. The van der Waals surface area contributed by atoms with Gasteiger partial charge in [-0.05, 0) is 46.6 Å². The molecular formula is C14H14BrN3O. The molecule has 0 spiro atoms. The van der Waals surface area contributed by atoms with Crippen LogP contribution in [0.4, 0.5) is 11.5 Å². The number of pyridine rings is 1. The molecule has 0 aliphatic heterocycles. The Kier molecular flexibility index (Phi) is 4.16. The highest BCUT2D eigenvalue weighted by Crippen LogP contribution is 2.26. The molecule has 0 aliphatic carbocycles. The van der Waals surface area contributed by atoms with Crippen molar-refractivity contribution in [3.05, 3.63) is 52.1 Å². The number of amides is 1. The largest absolute Gasteiger partial charge is 0.372 e. The molecule has 19 heavy (non-hydrogen) atoms. The number of aryl methyl sites for hydroxylation is 1. The molecule has 1 amide bonds. The maximum Gasteiger partial charge on any atom is 0.259 e. The van der Waals surface area contributed by atoms with Crippen LogP contribution in [0.5, 0.6) is 0 Å². The van der Waals surface area contributed by atoms with Crippen molar-refractivity contribution in [3.63, 3.8) is 0 Å². The highest BCUT2D eigenvalue weighted by molar-refractivity contribution is 9.10.